The Bertz CT molecular complexity index is 414. The van der Waals surface area contributed by atoms with Crippen molar-refractivity contribution in [1.82, 2.24) is 0 Å². The highest BCUT2D eigenvalue weighted by molar-refractivity contribution is 5.85. The summed E-state index contributed by atoms with van der Waals surface area (Å²) in [6.45, 7) is 13.7. The second-order valence-corrected chi connectivity index (χ2v) is 6.04. The Morgan fingerprint density at radius 2 is 2.00 bits per heavy atom. The number of hydrogen-bond donors (Lipinski definition) is 0. The molecule has 0 fully saturated rings. The van der Waals surface area contributed by atoms with E-state index < -0.39 is 5.41 Å². The maximum atomic E-state index is 12.0. The van der Waals surface area contributed by atoms with Gasteiger partial charge in [0, 0.05) is 0 Å². The third kappa shape index (κ3) is 5.74. The van der Waals surface area contributed by atoms with Crippen molar-refractivity contribution in [2.75, 3.05) is 0 Å². The largest absolute Gasteiger partial charge is 0.298 e. The van der Waals surface area contributed by atoms with Crippen LogP contribution in [0.25, 0.3) is 0 Å². The van der Waals surface area contributed by atoms with Gasteiger partial charge in [0.05, 0.1) is 6.07 Å². The molecule has 0 aromatic heterocycles. The third-order valence-corrected chi connectivity index (χ3v) is 4.09. The van der Waals surface area contributed by atoms with Crippen LogP contribution in [0.3, 0.4) is 0 Å². The van der Waals surface area contributed by atoms with Crippen LogP contribution < -0.4 is 0 Å². The number of rotatable bonds is 9. The van der Waals surface area contributed by atoms with Crippen molar-refractivity contribution in [1.29, 1.82) is 5.26 Å². The highest BCUT2D eigenvalue weighted by atomic mass is 16.1. The van der Waals surface area contributed by atoms with Crippen molar-refractivity contribution in [2.24, 2.45) is 11.3 Å². The van der Waals surface area contributed by atoms with E-state index in [0.29, 0.717) is 12.8 Å². The highest BCUT2D eigenvalue weighted by Gasteiger charge is 2.36. The van der Waals surface area contributed by atoms with E-state index in [0.717, 1.165) is 24.8 Å². The average molecular weight is 275 g/mol. The first-order valence-corrected chi connectivity index (χ1v) is 7.52. The summed E-state index contributed by atoms with van der Waals surface area (Å²) in [5.41, 5.74) is 1.51. The molecule has 2 nitrogen and oxygen atoms in total. The van der Waals surface area contributed by atoms with Crippen LogP contribution in [0, 0.1) is 22.7 Å². The number of carbonyl (C=O) groups excluding carboxylic acids is 1. The van der Waals surface area contributed by atoms with Gasteiger partial charge in [-0.15, -0.1) is 0 Å². The first-order chi connectivity index (χ1) is 9.29. The summed E-state index contributed by atoms with van der Waals surface area (Å²) in [6.07, 6.45) is 6.37. The standard InChI is InChI=1S/C18H29NO/c1-7-9-15(4)10-8-11-18(13-19,17(6)20)12-16(5)14(2)3/h10,16H,2,7-9,11-12H2,1,3-6H3/b15-10+. The maximum Gasteiger partial charge on any atom is 0.150 e. The zero-order chi connectivity index (χ0) is 15.8. The van der Waals surface area contributed by atoms with E-state index in [2.05, 4.69) is 32.6 Å². The Labute approximate surface area is 124 Å². The van der Waals surface area contributed by atoms with E-state index >= 15 is 0 Å². The first-order valence-electron chi connectivity index (χ1n) is 7.52. The normalized spacial score (nSPS) is 16.1. The van der Waals surface area contributed by atoms with Crippen LogP contribution in [-0.2, 0) is 4.79 Å². The molecule has 0 aliphatic rings. The van der Waals surface area contributed by atoms with Crippen LogP contribution in [0.2, 0.25) is 0 Å². The number of Topliss-reactive ketones (excluding diaryl/α,β-unsaturated/α-hetero) is 1. The fraction of sp³-hybridized carbons (Fsp3) is 0.667. The quantitative estimate of drug-likeness (QED) is 0.542. The van der Waals surface area contributed by atoms with E-state index in [1.165, 1.54) is 12.5 Å². The molecular formula is C18H29NO. The molecule has 0 aromatic rings. The maximum absolute atomic E-state index is 12.0. The number of allylic oxidation sites excluding steroid dienone is 3. The molecule has 0 saturated heterocycles. The molecule has 2 unspecified atom stereocenters. The second kappa shape index (κ2) is 8.74. The molecule has 0 rings (SSSR count). The van der Waals surface area contributed by atoms with Crippen molar-refractivity contribution in [3.8, 4) is 6.07 Å². The summed E-state index contributed by atoms with van der Waals surface area (Å²) < 4.78 is 0. The molecule has 20 heavy (non-hydrogen) atoms. The number of nitriles is 1. The van der Waals surface area contributed by atoms with Crippen molar-refractivity contribution in [2.45, 2.75) is 66.7 Å². The van der Waals surface area contributed by atoms with Crippen molar-refractivity contribution < 1.29 is 4.79 Å². The molecular weight excluding hydrogens is 246 g/mol. The van der Waals surface area contributed by atoms with Gasteiger partial charge in [0.1, 0.15) is 11.2 Å². The van der Waals surface area contributed by atoms with Gasteiger partial charge in [-0.25, -0.2) is 0 Å². The van der Waals surface area contributed by atoms with Gasteiger partial charge in [0.2, 0.25) is 0 Å². The van der Waals surface area contributed by atoms with Gasteiger partial charge in [-0.2, -0.15) is 5.26 Å². The lowest BCUT2D eigenvalue weighted by Gasteiger charge is -2.27. The third-order valence-electron chi connectivity index (χ3n) is 4.09. The summed E-state index contributed by atoms with van der Waals surface area (Å²) in [6, 6.07) is 2.29. The molecule has 0 aromatic carbocycles. The van der Waals surface area contributed by atoms with Gasteiger partial charge >= 0.3 is 0 Å². The molecule has 0 aliphatic carbocycles. The van der Waals surface area contributed by atoms with Gasteiger partial charge in [-0.1, -0.05) is 44.1 Å². The molecule has 0 spiro atoms. The Hall–Kier alpha value is -1.36. The van der Waals surface area contributed by atoms with Gasteiger partial charge in [0.25, 0.3) is 0 Å². The predicted molar refractivity (Wildman–Crippen MR) is 85.2 cm³/mol. The lowest BCUT2D eigenvalue weighted by atomic mass is 9.73. The zero-order valence-electron chi connectivity index (χ0n) is 13.8. The van der Waals surface area contributed by atoms with E-state index in [9.17, 15) is 10.1 Å². The second-order valence-electron chi connectivity index (χ2n) is 6.04. The summed E-state index contributed by atoms with van der Waals surface area (Å²) in [5.74, 6) is 0.175. The van der Waals surface area contributed by atoms with E-state index in [1.807, 2.05) is 13.8 Å². The fourth-order valence-corrected chi connectivity index (χ4v) is 2.36. The monoisotopic (exact) mass is 275 g/mol. The minimum Gasteiger partial charge on any atom is -0.298 e. The summed E-state index contributed by atoms with van der Waals surface area (Å²) in [7, 11) is 0. The van der Waals surface area contributed by atoms with Crippen LogP contribution in [0.1, 0.15) is 66.7 Å². The minimum absolute atomic E-state index is 0.0188. The van der Waals surface area contributed by atoms with Gasteiger partial charge in [-0.3, -0.25) is 4.79 Å². The molecule has 0 amide bonds. The minimum atomic E-state index is -0.860. The zero-order valence-corrected chi connectivity index (χ0v) is 13.8. The number of ketones is 1. The molecule has 0 radical (unpaired) electrons. The van der Waals surface area contributed by atoms with E-state index in [1.54, 1.807) is 0 Å². The van der Waals surface area contributed by atoms with Crippen LogP contribution in [-0.4, -0.2) is 5.78 Å². The van der Waals surface area contributed by atoms with Gasteiger partial charge in [0.15, 0.2) is 0 Å². The number of carbonyl (C=O) groups is 1. The molecule has 0 aliphatic heterocycles. The lowest BCUT2D eigenvalue weighted by Crippen LogP contribution is -2.30. The van der Waals surface area contributed by atoms with Crippen LogP contribution in [0.5, 0.6) is 0 Å². The molecule has 112 valence electrons. The number of hydrogen-bond acceptors (Lipinski definition) is 2. The molecule has 0 bridgehead atoms. The fourth-order valence-electron chi connectivity index (χ4n) is 2.36. The SMILES string of the molecule is C=C(C)C(C)CC(C#N)(CC/C=C(\C)CCC)C(C)=O. The van der Waals surface area contributed by atoms with Crippen molar-refractivity contribution in [3.63, 3.8) is 0 Å². The Morgan fingerprint density at radius 1 is 1.40 bits per heavy atom. The van der Waals surface area contributed by atoms with E-state index in [4.69, 9.17) is 0 Å². The number of nitrogens with zero attached hydrogens (tertiary/aromatic N) is 1. The Morgan fingerprint density at radius 3 is 2.40 bits per heavy atom. The van der Waals surface area contributed by atoms with Crippen molar-refractivity contribution in [3.05, 3.63) is 23.8 Å². The smallest absolute Gasteiger partial charge is 0.150 e. The molecule has 0 heterocycles. The molecule has 2 atom stereocenters. The highest BCUT2D eigenvalue weighted by Crippen LogP contribution is 2.34. The summed E-state index contributed by atoms with van der Waals surface area (Å²) >= 11 is 0. The van der Waals surface area contributed by atoms with Gasteiger partial charge in [-0.05, 0) is 52.4 Å². The van der Waals surface area contributed by atoms with Gasteiger partial charge < -0.3 is 0 Å². The Balaban J connectivity index is 4.90. The Kier molecular flexibility index (Phi) is 8.15. The topological polar surface area (TPSA) is 40.9 Å². The van der Waals surface area contributed by atoms with Crippen LogP contribution >= 0.6 is 0 Å². The molecule has 0 N–H and O–H groups in total. The van der Waals surface area contributed by atoms with Crippen molar-refractivity contribution >= 4 is 5.78 Å². The lowest BCUT2D eigenvalue weighted by molar-refractivity contribution is -0.124. The van der Waals surface area contributed by atoms with E-state index in [-0.39, 0.29) is 11.7 Å². The molecule has 2 heteroatoms. The van der Waals surface area contributed by atoms with Crippen LogP contribution in [0.15, 0.2) is 23.8 Å². The summed E-state index contributed by atoms with van der Waals surface area (Å²) in [4.78, 5) is 12.0. The first kappa shape index (κ1) is 18.6. The van der Waals surface area contributed by atoms with Crippen LogP contribution in [0.4, 0.5) is 0 Å². The molecule has 0 saturated carbocycles. The average Bonchev–Trinajstić information content (AvgIpc) is 2.37. The predicted octanol–water partition coefficient (Wildman–Crippen LogP) is 5.21. The summed E-state index contributed by atoms with van der Waals surface area (Å²) in [5, 5.41) is 9.53.